The van der Waals surface area contributed by atoms with Gasteiger partial charge in [0, 0.05) is 10.7 Å². The molecule has 0 unspecified atom stereocenters. The average Bonchev–Trinajstić information content (AvgIpc) is 2.30. The van der Waals surface area contributed by atoms with Gasteiger partial charge in [0.2, 0.25) is 0 Å². The van der Waals surface area contributed by atoms with Crippen LogP contribution in [-0.4, -0.2) is 4.98 Å². The summed E-state index contributed by atoms with van der Waals surface area (Å²) in [7, 11) is 0. The molecule has 2 rings (SSSR count). The highest BCUT2D eigenvalue weighted by molar-refractivity contribution is 9.10. The first-order valence-corrected chi connectivity index (χ1v) is 6.05. The Labute approximate surface area is 108 Å². The molecule has 2 nitrogen and oxygen atoms in total. The maximum atomic E-state index is 13.5. The van der Waals surface area contributed by atoms with Crippen molar-refractivity contribution in [3.8, 4) is 0 Å². The molecular formula is C13H12BrFN2. The van der Waals surface area contributed by atoms with E-state index in [1.54, 1.807) is 18.3 Å². The van der Waals surface area contributed by atoms with Gasteiger partial charge in [0.25, 0.3) is 0 Å². The number of anilines is 1. The Morgan fingerprint density at radius 2 is 2.18 bits per heavy atom. The number of rotatable bonds is 3. The van der Waals surface area contributed by atoms with Crippen LogP contribution in [0.15, 0.2) is 41.0 Å². The van der Waals surface area contributed by atoms with E-state index in [1.165, 1.54) is 6.07 Å². The molecule has 0 saturated carbocycles. The minimum Gasteiger partial charge on any atom is -0.377 e. The largest absolute Gasteiger partial charge is 0.377 e. The Morgan fingerprint density at radius 1 is 1.35 bits per heavy atom. The minimum absolute atomic E-state index is 0.270. The molecular weight excluding hydrogens is 283 g/mol. The monoisotopic (exact) mass is 294 g/mol. The van der Waals surface area contributed by atoms with E-state index in [0.29, 0.717) is 12.2 Å². The molecule has 1 aromatic heterocycles. The van der Waals surface area contributed by atoms with Crippen LogP contribution in [-0.2, 0) is 6.54 Å². The van der Waals surface area contributed by atoms with Crippen LogP contribution in [0.2, 0.25) is 0 Å². The first kappa shape index (κ1) is 12.0. The fourth-order valence-corrected chi connectivity index (χ4v) is 1.85. The van der Waals surface area contributed by atoms with Crippen LogP contribution in [0.3, 0.4) is 0 Å². The molecule has 1 heterocycles. The second-order valence-corrected chi connectivity index (χ2v) is 4.66. The minimum atomic E-state index is -0.270. The third-order valence-electron chi connectivity index (χ3n) is 2.50. The highest BCUT2D eigenvalue weighted by Gasteiger charge is 2.03. The van der Waals surface area contributed by atoms with Gasteiger partial charge in [0.1, 0.15) is 5.82 Å². The van der Waals surface area contributed by atoms with Crippen molar-refractivity contribution in [2.45, 2.75) is 13.5 Å². The Morgan fingerprint density at radius 3 is 2.88 bits per heavy atom. The molecule has 0 saturated heterocycles. The van der Waals surface area contributed by atoms with Gasteiger partial charge in [0.05, 0.1) is 17.9 Å². The van der Waals surface area contributed by atoms with Crippen molar-refractivity contribution in [1.29, 1.82) is 0 Å². The molecule has 0 aliphatic carbocycles. The highest BCUT2D eigenvalue weighted by Crippen LogP contribution is 2.20. The zero-order valence-corrected chi connectivity index (χ0v) is 11.0. The van der Waals surface area contributed by atoms with E-state index < -0.39 is 0 Å². The smallest absolute Gasteiger partial charge is 0.147 e. The van der Waals surface area contributed by atoms with E-state index >= 15 is 0 Å². The molecule has 0 atom stereocenters. The van der Waals surface area contributed by atoms with Crippen molar-refractivity contribution in [3.05, 3.63) is 58.1 Å². The van der Waals surface area contributed by atoms with E-state index in [-0.39, 0.29) is 5.82 Å². The first-order chi connectivity index (χ1) is 8.16. The summed E-state index contributed by atoms with van der Waals surface area (Å²) < 4.78 is 14.3. The summed E-state index contributed by atoms with van der Waals surface area (Å²) in [6.07, 6.45) is 1.74. The van der Waals surface area contributed by atoms with Gasteiger partial charge < -0.3 is 5.32 Å². The van der Waals surface area contributed by atoms with Crippen LogP contribution in [0.4, 0.5) is 10.1 Å². The summed E-state index contributed by atoms with van der Waals surface area (Å²) >= 11 is 3.22. The molecule has 88 valence electrons. The van der Waals surface area contributed by atoms with Crippen molar-refractivity contribution in [2.24, 2.45) is 0 Å². The number of benzene rings is 1. The molecule has 0 aliphatic rings. The van der Waals surface area contributed by atoms with Crippen molar-refractivity contribution in [1.82, 2.24) is 4.98 Å². The number of nitrogens with zero attached hydrogens (tertiary/aromatic N) is 1. The maximum Gasteiger partial charge on any atom is 0.147 e. The number of aromatic nitrogens is 1. The van der Waals surface area contributed by atoms with Crippen LogP contribution in [0, 0.1) is 12.7 Å². The standard InChI is InChI=1S/C13H12BrFN2/c1-9-3-2-6-16-13(9)8-17-12-5-4-10(14)7-11(12)15/h2-7,17H,8H2,1H3. The summed E-state index contributed by atoms with van der Waals surface area (Å²) in [5.74, 6) is -0.270. The Balaban J connectivity index is 2.10. The molecule has 17 heavy (non-hydrogen) atoms. The van der Waals surface area contributed by atoms with Gasteiger partial charge in [0.15, 0.2) is 0 Å². The summed E-state index contributed by atoms with van der Waals surface area (Å²) in [5, 5.41) is 3.04. The molecule has 0 amide bonds. The second-order valence-electron chi connectivity index (χ2n) is 3.74. The van der Waals surface area contributed by atoms with E-state index in [9.17, 15) is 4.39 Å². The number of hydrogen-bond donors (Lipinski definition) is 1. The normalized spacial score (nSPS) is 10.3. The second kappa shape index (κ2) is 5.27. The van der Waals surface area contributed by atoms with Crippen molar-refractivity contribution in [3.63, 3.8) is 0 Å². The predicted octanol–water partition coefficient (Wildman–Crippen LogP) is 3.90. The zero-order valence-electron chi connectivity index (χ0n) is 9.37. The zero-order chi connectivity index (χ0) is 12.3. The van der Waals surface area contributed by atoms with Crippen LogP contribution in [0.5, 0.6) is 0 Å². The van der Waals surface area contributed by atoms with Gasteiger partial charge in [-0.1, -0.05) is 22.0 Å². The molecule has 4 heteroatoms. The predicted molar refractivity (Wildman–Crippen MR) is 70.4 cm³/mol. The lowest BCUT2D eigenvalue weighted by Crippen LogP contribution is -2.04. The van der Waals surface area contributed by atoms with Crippen molar-refractivity contribution < 1.29 is 4.39 Å². The van der Waals surface area contributed by atoms with E-state index in [0.717, 1.165) is 15.7 Å². The van der Waals surface area contributed by atoms with Gasteiger partial charge in [-0.3, -0.25) is 4.98 Å². The van der Waals surface area contributed by atoms with Crippen LogP contribution < -0.4 is 5.32 Å². The lowest BCUT2D eigenvalue weighted by Gasteiger charge is -2.09. The Kier molecular flexibility index (Phi) is 3.74. The third kappa shape index (κ3) is 3.03. The number of halogens is 2. The highest BCUT2D eigenvalue weighted by atomic mass is 79.9. The molecule has 1 N–H and O–H groups in total. The van der Waals surface area contributed by atoms with Gasteiger partial charge in [-0.05, 0) is 36.8 Å². The number of aryl methyl sites for hydroxylation is 1. The maximum absolute atomic E-state index is 13.5. The van der Waals surface area contributed by atoms with Crippen LogP contribution in [0.25, 0.3) is 0 Å². The summed E-state index contributed by atoms with van der Waals surface area (Å²) in [4.78, 5) is 4.25. The van der Waals surface area contributed by atoms with Crippen LogP contribution in [0.1, 0.15) is 11.3 Å². The van der Waals surface area contributed by atoms with E-state index in [2.05, 4.69) is 26.2 Å². The number of nitrogens with one attached hydrogen (secondary N) is 1. The first-order valence-electron chi connectivity index (χ1n) is 5.26. The average molecular weight is 295 g/mol. The fraction of sp³-hybridized carbons (Fsp3) is 0.154. The number of hydrogen-bond acceptors (Lipinski definition) is 2. The summed E-state index contributed by atoms with van der Waals surface area (Å²) in [6, 6.07) is 8.82. The Bertz CT molecular complexity index is 529. The Hall–Kier alpha value is -1.42. The topological polar surface area (TPSA) is 24.9 Å². The van der Waals surface area contributed by atoms with Gasteiger partial charge in [-0.25, -0.2) is 4.39 Å². The third-order valence-corrected chi connectivity index (χ3v) is 2.99. The van der Waals surface area contributed by atoms with Gasteiger partial charge in [-0.2, -0.15) is 0 Å². The van der Waals surface area contributed by atoms with Crippen LogP contribution >= 0.6 is 15.9 Å². The number of pyridine rings is 1. The lowest BCUT2D eigenvalue weighted by molar-refractivity contribution is 0.629. The van der Waals surface area contributed by atoms with Gasteiger partial charge >= 0.3 is 0 Å². The van der Waals surface area contributed by atoms with Crippen molar-refractivity contribution in [2.75, 3.05) is 5.32 Å². The quantitative estimate of drug-likeness (QED) is 0.928. The molecule has 0 fully saturated rings. The molecule has 0 spiro atoms. The molecule has 1 aromatic carbocycles. The van der Waals surface area contributed by atoms with E-state index in [4.69, 9.17) is 0 Å². The van der Waals surface area contributed by atoms with Crippen molar-refractivity contribution >= 4 is 21.6 Å². The molecule has 0 radical (unpaired) electrons. The fourth-order valence-electron chi connectivity index (χ4n) is 1.52. The summed E-state index contributed by atoms with van der Waals surface area (Å²) in [6.45, 7) is 2.51. The molecule has 0 bridgehead atoms. The van der Waals surface area contributed by atoms with Gasteiger partial charge in [-0.15, -0.1) is 0 Å². The molecule has 2 aromatic rings. The molecule has 0 aliphatic heterocycles. The lowest BCUT2D eigenvalue weighted by atomic mass is 10.2. The summed E-state index contributed by atoms with van der Waals surface area (Å²) in [5.41, 5.74) is 2.51. The van der Waals surface area contributed by atoms with E-state index in [1.807, 2.05) is 19.1 Å². The SMILES string of the molecule is Cc1cccnc1CNc1ccc(Br)cc1F.